The zero-order valence-corrected chi connectivity index (χ0v) is 9.57. The Bertz CT molecular complexity index is 263. The molecular weight excluding hydrogens is 192 g/mol. The van der Waals surface area contributed by atoms with E-state index in [1.807, 2.05) is 11.7 Å². The van der Waals surface area contributed by atoms with Crippen molar-refractivity contribution in [2.24, 2.45) is 0 Å². The van der Waals surface area contributed by atoms with Gasteiger partial charge in [0, 0.05) is 23.0 Å². The molecule has 2 nitrogen and oxygen atoms in total. The second kappa shape index (κ2) is 4.41. The maximum atomic E-state index is 4.15. The molecule has 0 amide bonds. The van der Waals surface area contributed by atoms with Gasteiger partial charge in [0.15, 0.2) is 0 Å². The van der Waals surface area contributed by atoms with E-state index in [-0.39, 0.29) is 0 Å². The molecule has 2 heterocycles. The normalized spacial score (nSPS) is 26.9. The van der Waals surface area contributed by atoms with Gasteiger partial charge in [-0.3, -0.25) is 4.98 Å². The minimum atomic E-state index is 0.390. The predicted molar refractivity (Wildman–Crippen MR) is 60.7 cm³/mol. The summed E-state index contributed by atoms with van der Waals surface area (Å²) < 4.78 is 0. The Balaban J connectivity index is 2.04. The van der Waals surface area contributed by atoms with Gasteiger partial charge in [-0.05, 0) is 25.8 Å². The first-order chi connectivity index (χ1) is 6.85. The Morgan fingerprint density at radius 1 is 1.64 bits per heavy atom. The standard InChI is InChI=1S/C11H18N2S/c1-2-4-11(5-3-6-13-11)7-10-8-12-9-14-10/h8-9,13H,2-7H2,1H3. The van der Waals surface area contributed by atoms with Gasteiger partial charge in [-0.15, -0.1) is 11.3 Å². The molecule has 0 aliphatic carbocycles. The highest BCUT2D eigenvalue weighted by molar-refractivity contribution is 7.09. The SMILES string of the molecule is CCCC1(Cc2cncs2)CCCN1. The molecule has 0 radical (unpaired) electrons. The fraction of sp³-hybridized carbons (Fsp3) is 0.727. The first-order valence-electron chi connectivity index (χ1n) is 5.47. The van der Waals surface area contributed by atoms with Crippen LogP contribution in [0.1, 0.15) is 37.5 Å². The molecule has 0 saturated carbocycles. The molecular formula is C11H18N2S. The number of thiazole rings is 1. The van der Waals surface area contributed by atoms with Crippen LogP contribution in [0.25, 0.3) is 0 Å². The number of hydrogen-bond acceptors (Lipinski definition) is 3. The summed E-state index contributed by atoms with van der Waals surface area (Å²) in [6.45, 7) is 3.47. The second-order valence-electron chi connectivity index (χ2n) is 4.21. The Labute approximate surface area is 89.8 Å². The van der Waals surface area contributed by atoms with Gasteiger partial charge in [0.25, 0.3) is 0 Å². The van der Waals surface area contributed by atoms with Crippen LogP contribution in [0.15, 0.2) is 11.7 Å². The molecule has 1 atom stereocenters. The van der Waals surface area contributed by atoms with Crippen LogP contribution < -0.4 is 5.32 Å². The molecule has 1 N–H and O–H groups in total. The van der Waals surface area contributed by atoms with Crippen molar-refractivity contribution in [3.63, 3.8) is 0 Å². The third kappa shape index (κ3) is 2.15. The van der Waals surface area contributed by atoms with E-state index in [0.717, 1.165) is 0 Å². The first-order valence-corrected chi connectivity index (χ1v) is 6.35. The highest BCUT2D eigenvalue weighted by atomic mass is 32.1. The zero-order valence-electron chi connectivity index (χ0n) is 8.75. The molecule has 1 aliphatic rings. The highest BCUT2D eigenvalue weighted by Crippen LogP contribution is 2.29. The lowest BCUT2D eigenvalue weighted by atomic mass is 9.88. The third-order valence-corrected chi connectivity index (χ3v) is 3.84. The summed E-state index contributed by atoms with van der Waals surface area (Å²) in [5.74, 6) is 0. The fourth-order valence-corrected chi connectivity index (χ4v) is 3.20. The van der Waals surface area contributed by atoms with Crippen LogP contribution >= 0.6 is 11.3 Å². The molecule has 1 aliphatic heterocycles. The topological polar surface area (TPSA) is 24.9 Å². The Kier molecular flexibility index (Phi) is 3.19. The molecule has 78 valence electrons. The van der Waals surface area contributed by atoms with Gasteiger partial charge in [0.1, 0.15) is 0 Å². The molecule has 1 aromatic rings. The van der Waals surface area contributed by atoms with Crippen molar-refractivity contribution >= 4 is 11.3 Å². The van der Waals surface area contributed by atoms with Gasteiger partial charge in [0.05, 0.1) is 5.51 Å². The smallest absolute Gasteiger partial charge is 0.0794 e. The lowest BCUT2D eigenvalue weighted by Crippen LogP contribution is -2.41. The summed E-state index contributed by atoms with van der Waals surface area (Å²) in [6, 6.07) is 0. The lowest BCUT2D eigenvalue weighted by molar-refractivity contribution is 0.344. The number of nitrogens with one attached hydrogen (secondary N) is 1. The minimum absolute atomic E-state index is 0.390. The van der Waals surface area contributed by atoms with E-state index in [2.05, 4.69) is 17.2 Å². The highest BCUT2D eigenvalue weighted by Gasteiger charge is 2.32. The van der Waals surface area contributed by atoms with E-state index in [0.29, 0.717) is 5.54 Å². The quantitative estimate of drug-likeness (QED) is 0.826. The van der Waals surface area contributed by atoms with Crippen LogP contribution in [0.4, 0.5) is 0 Å². The van der Waals surface area contributed by atoms with E-state index in [4.69, 9.17) is 0 Å². The Morgan fingerprint density at radius 2 is 2.57 bits per heavy atom. The van der Waals surface area contributed by atoms with Crippen molar-refractivity contribution in [3.8, 4) is 0 Å². The summed E-state index contributed by atoms with van der Waals surface area (Å²) in [5, 5.41) is 3.69. The van der Waals surface area contributed by atoms with Crippen molar-refractivity contribution in [2.75, 3.05) is 6.54 Å². The van der Waals surface area contributed by atoms with E-state index in [1.165, 1.54) is 43.5 Å². The average Bonchev–Trinajstić information content (AvgIpc) is 2.78. The van der Waals surface area contributed by atoms with Gasteiger partial charge in [-0.2, -0.15) is 0 Å². The molecule has 1 saturated heterocycles. The largest absolute Gasteiger partial charge is 0.311 e. The average molecular weight is 210 g/mol. The Hall–Kier alpha value is -0.410. The van der Waals surface area contributed by atoms with Gasteiger partial charge < -0.3 is 5.32 Å². The molecule has 3 heteroatoms. The lowest BCUT2D eigenvalue weighted by Gasteiger charge is -2.28. The van der Waals surface area contributed by atoms with Crippen molar-refractivity contribution in [2.45, 2.75) is 44.6 Å². The van der Waals surface area contributed by atoms with Crippen LogP contribution in [0.2, 0.25) is 0 Å². The minimum Gasteiger partial charge on any atom is -0.311 e. The molecule has 14 heavy (non-hydrogen) atoms. The van der Waals surface area contributed by atoms with Gasteiger partial charge in [-0.1, -0.05) is 13.3 Å². The summed E-state index contributed by atoms with van der Waals surface area (Å²) in [7, 11) is 0. The number of aromatic nitrogens is 1. The zero-order chi connectivity index (χ0) is 9.86. The van der Waals surface area contributed by atoms with Gasteiger partial charge in [0.2, 0.25) is 0 Å². The fourth-order valence-electron chi connectivity index (χ4n) is 2.46. The third-order valence-electron chi connectivity index (χ3n) is 3.06. The van der Waals surface area contributed by atoms with Crippen molar-refractivity contribution in [1.29, 1.82) is 0 Å². The summed E-state index contributed by atoms with van der Waals surface area (Å²) >= 11 is 1.78. The molecule has 1 aromatic heterocycles. The maximum absolute atomic E-state index is 4.15. The van der Waals surface area contributed by atoms with Crippen LogP contribution in [0.3, 0.4) is 0 Å². The Morgan fingerprint density at radius 3 is 3.14 bits per heavy atom. The molecule has 0 aromatic carbocycles. The van der Waals surface area contributed by atoms with Crippen LogP contribution in [0, 0.1) is 0 Å². The van der Waals surface area contributed by atoms with Crippen molar-refractivity contribution in [1.82, 2.24) is 10.3 Å². The first kappa shape index (κ1) is 10.1. The van der Waals surface area contributed by atoms with Crippen molar-refractivity contribution in [3.05, 3.63) is 16.6 Å². The molecule has 0 spiro atoms. The van der Waals surface area contributed by atoms with E-state index < -0.39 is 0 Å². The van der Waals surface area contributed by atoms with E-state index >= 15 is 0 Å². The van der Waals surface area contributed by atoms with Crippen LogP contribution in [0.5, 0.6) is 0 Å². The van der Waals surface area contributed by atoms with Crippen molar-refractivity contribution < 1.29 is 0 Å². The summed E-state index contributed by atoms with van der Waals surface area (Å²) in [4.78, 5) is 5.57. The maximum Gasteiger partial charge on any atom is 0.0794 e. The monoisotopic (exact) mass is 210 g/mol. The number of rotatable bonds is 4. The number of hydrogen-bond donors (Lipinski definition) is 1. The molecule has 0 bridgehead atoms. The number of nitrogens with zero attached hydrogens (tertiary/aromatic N) is 1. The molecule has 2 rings (SSSR count). The van der Waals surface area contributed by atoms with Gasteiger partial charge >= 0.3 is 0 Å². The van der Waals surface area contributed by atoms with E-state index in [1.54, 1.807) is 11.3 Å². The predicted octanol–water partition coefficient (Wildman–Crippen LogP) is 2.61. The summed E-state index contributed by atoms with van der Waals surface area (Å²) in [6.07, 6.45) is 8.42. The van der Waals surface area contributed by atoms with E-state index in [9.17, 15) is 0 Å². The second-order valence-corrected chi connectivity index (χ2v) is 5.18. The van der Waals surface area contributed by atoms with Crippen LogP contribution in [-0.2, 0) is 6.42 Å². The van der Waals surface area contributed by atoms with Crippen LogP contribution in [-0.4, -0.2) is 17.1 Å². The molecule has 1 fully saturated rings. The summed E-state index contributed by atoms with van der Waals surface area (Å²) in [5.41, 5.74) is 2.32. The molecule has 1 unspecified atom stereocenters. The van der Waals surface area contributed by atoms with Gasteiger partial charge in [-0.25, -0.2) is 0 Å².